The third-order valence-corrected chi connectivity index (χ3v) is 13.4. The molecule has 2 aliphatic carbocycles. The second-order valence-corrected chi connectivity index (χ2v) is 18.0. The minimum absolute atomic E-state index is 0.0617. The van der Waals surface area contributed by atoms with Gasteiger partial charge in [0.2, 0.25) is 17.6 Å². The molecule has 4 aliphatic rings. The Morgan fingerprint density at radius 2 is 1.70 bits per heavy atom. The molecule has 0 aromatic carbocycles. The van der Waals surface area contributed by atoms with E-state index in [4.69, 9.17) is 0 Å². The molecule has 4 rings (SSSR count). The van der Waals surface area contributed by atoms with Crippen LogP contribution in [0.15, 0.2) is 12.7 Å². The molecule has 0 aromatic rings. The van der Waals surface area contributed by atoms with E-state index in [-0.39, 0.29) is 36.0 Å². The van der Waals surface area contributed by atoms with E-state index < -0.39 is 73.7 Å². The van der Waals surface area contributed by atoms with Crippen LogP contribution in [0.4, 0.5) is 4.79 Å². The minimum Gasteiger partial charge on any atom is -0.346 e. The van der Waals surface area contributed by atoms with Crippen molar-refractivity contribution < 1.29 is 32.4 Å². The van der Waals surface area contributed by atoms with E-state index >= 15 is 0 Å². The lowest BCUT2D eigenvalue weighted by Crippen LogP contribution is -2.67. The zero-order valence-corrected chi connectivity index (χ0v) is 29.8. The van der Waals surface area contributed by atoms with Crippen molar-refractivity contribution in [3.8, 4) is 0 Å². The maximum Gasteiger partial charge on any atom is 0.315 e. The molecule has 0 radical (unpaired) electrons. The number of sulfone groups is 1. The van der Waals surface area contributed by atoms with E-state index in [1.807, 2.05) is 27.7 Å². The predicted octanol–water partition coefficient (Wildman–Crippen LogP) is 2.62. The average Bonchev–Trinajstić information content (AvgIpc) is 3.30. The molecule has 6 atom stereocenters. The van der Waals surface area contributed by atoms with Crippen LogP contribution in [0.2, 0.25) is 0 Å². The van der Waals surface area contributed by atoms with Gasteiger partial charge >= 0.3 is 6.03 Å². The van der Waals surface area contributed by atoms with Gasteiger partial charge in [0.15, 0.2) is 9.84 Å². The van der Waals surface area contributed by atoms with E-state index in [0.29, 0.717) is 32.2 Å². The van der Waals surface area contributed by atoms with Gasteiger partial charge in [-0.15, -0.1) is 6.58 Å². The van der Waals surface area contributed by atoms with Crippen molar-refractivity contribution in [2.45, 2.75) is 128 Å². The molecule has 0 bridgehead atoms. The largest absolute Gasteiger partial charge is 0.346 e. The number of hydrogen-bond acceptors (Lipinski definition) is 7. The number of nitrogens with zero attached hydrogens (tertiary/aromatic N) is 1. The van der Waals surface area contributed by atoms with Crippen LogP contribution < -0.4 is 21.3 Å². The van der Waals surface area contributed by atoms with Crippen LogP contribution in [0.5, 0.6) is 0 Å². The molecule has 47 heavy (non-hydrogen) atoms. The number of rotatable bonds is 13. The van der Waals surface area contributed by atoms with Crippen LogP contribution >= 0.6 is 0 Å². The molecule has 0 unspecified atom stereocenters. The van der Waals surface area contributed by atoms with Gasteiger partial charge in [0.1, 0.15) is 12.1 Å². The van der Waals surface area contributed by atoms with Crippen LogP contribution in [0, 0.1) is 22.7 Å². The summed E-state index contributed by atoms with van der Waals surface area (Å²) in [5.41, 5.74) is -1.82. The molecule has 4 fully saturated rings. The zero-order valence-electron chi connectivity index (χ0n) is 28.9. The van der Waals surface area contributed by atoms with E-state index in [2.05, 4.69) is 41.7 Å². The van der Waals surface area contributed by atoms with Crippen LogP contribution in [0.1, 0.15) is 99.3 Å². The Morgan fingerprint density at radius 3 is 2.23 bits per heavy atom. The van der Waals surface area contributed by atoms with Gasteiger partial charge in [-0.25, -0.2) is 13.2 Å². The van der Waals surface area contributed by atoms with Crippen molar-refractivity contribution in [2.75, 3.05) is 18.8 Å². The molecular formula is C34H55N5O7S. The van der Waals surface area contributed by atoms with Crippen molar-refractivity contribution >= 4 is 39.4 Å². The van der Waals surface area contributed by atoms with Gasteiger partial charge in [-0.3, -0.25) is 19.2 Å². The van der Waals surface area contributed by atoms with E-state index in [0.717, 1.165) is 25.7 Å². The van der Waals surface area contributed by atoms with Crippen molar-refractivity contribution in [3.05, 3.63) is 12.7 Å². The summed E-state index contributed by atoms with van der Waals surface area (Å²) < 4.78 is 25.4. The Labute approximate surface area is 279 Å². The lowest BCUT2D eigenvalue weighted by atomic mass is 9.78. The number of carbonyl (C=O) groups is 5. The number of ketones is 1. The number of unbranched alkanes of at least 4 members (excludes halogenated alkanes) is 1. The maximum absolute atomic E-state index is 14.4. The second-order valence-electron chi connectivity index (χ2n) is 15.7. The Hall–Kier alpha value is -2.96. The zero-order chi connectivity index (χ0) is 34.9. The summed E-state index contributed by atoms with van der Waals surface area (Å²) in [7, 11) is -3.29. The number of nitrogens with one attached hydrogen (secondary N) is 4. The molecular weight excluding hydrogens is 622 g/mol. The number of piperidine rings is 1. The average molecular weight is 678 g/mol. The van der Waals surface area contributed by atoms with Crippen molar-refractivity contribution in [1.29, 1.82) is 0 Å². The summed E-state index contributed by atoms with van der Waals surface area (Å²) in [5.74, 6) is -2.41. The van der Waals surface area contributed by atoms with Crippen LogP contribution in [-0.4, -0.2) is 90.6 Å². The predicted molar refractivity (Wildman–Crippen MR) is 179 cm³/mol. The standard InChI is InChI=1S/C34H55N5O7S/c1-8-10-14-22(26(40)29(42)35-18-9-2)36-28(41)25-24-21(33(24,6)7)20-39(25)30(43)27(32(3,4)5)37-31(44)38-34(16-12-11-13-17-34)23-15-19-47(23,45)46/h9,21-25,27H,2,8,10-20H2,1,3-7H3,(H,35,42)(H,36,41)(H2,37,38,44)/t21-,22-,23-,24-,25-,27+/m0/s1. The molecule has 13 heteroatoms. The first-order valence-electron chi connectivity index (χ1n) is 17.3. The normalized spacial score (nSPS) is 28.0. The van der Waals surface area contributed by atoms with Crippen molar-refractivity contribution in [2.24, 2.45) is 22.7 Å². The fourth-order valence-corrected chi connectivity index (χ4v) is 9.96. The first-order valence-corrected chi connectivity index (χ1v) is 19.0. The summed E-state index contributed by atoms with van der Waals surface area (Å²) in [6.45, 7) is 15.6. The topological polar surface area (TPSA) is 171 Å². The quantitative estimate of drug-likeness (QED) is 0.172. The van der Waals surface area contributed by atoms with Crippen LogP contribution in [0.25, 0.3) is 0 Å². The van der Waals surface area contributed by atoms with Crippen molar-refractivity contribution in [1.82, 2.24) is 26.2 Å². The fourth-order valence-electron chi connectivity index (χ4n) is 8.12. The number of amides is 5. The highest BCUT2D eigenvalue weighted by atomic mass is 32.2. The Morgan fingerprint density at radius 1 is 1.04 bits per heavy atom. The number of urea groups is 1. The monoisotopic (exact) mass is 677 g/mol. The van der Waals surface area contributed by atoms with E-state index in [1.165, 1.54) is 11.0 Å². The SMILES string of the molecule is C=CCNC(=O)C(=O)[C@H](CCCC)NC(=O)[C@@H]1[C@@H]2[C@H](CN1C(=O)[C@@H](NC(=O)NC1([C@@H]3CCS3(=O)=O)CCCCC1)C(C)(C)C)C2(C)C. The highest BCUT2D eigenvalue weighted by Crippen LogP contribution is 2.65. The smallest absolute Gasteiger partial charge is 0.315 e. The number of carbonyl (C=O) groups excluding carboxylic acids is 5. The van der Waals surface area contributed by atoms with Gasteiger partial charge in [0.25, 0.3) is 5.91 Å². The Balaban J connectivity index is 1.54. The molecule has 264 valence electrons. The van der Waals surface area contributed by atoms with Gasteiger partial charge in [0.05, 0.1) is 22.6 Å². The summed E-state index contributed by atoms with van der Waals surface area (Å²) in [6, 6.07) is -3.53. The van der Waals surface area contributed by atoms with Crippen LogP contribution in [-0.2, 0) is 29.0 Å². The number of Topliss-reactive ketones (excluding diaryl/α,β-unsaturated/α-hetero) is 1. The molecule has 0 spiro atoms. The third-order valence-electron chi connectivity index (χ3n) is 11.1. The summed E-state index contributed by atoms with van der Waals surface area (Å²) in [6.07, 6.45) is 7.36. The lowest BCUT2D eigenvalue weighted by Gasteiger charge is -2.47. The molecule has 2 saturated heterocycles. The van der Waals surface area contributed by atoms with Gasteiger partial charge in [-0.05, 0) is 48.3 Å². The lowest BCUT2D eigenvalue weighted by molar-refractivity contribution is -0.145. The highest BCUT2D eigenvalue weighted by molar-refractivity contribution is 7.93. The molecule has 0 aromatic heterocycles. The summed E-state index contributed by atoms with van der Waals surface area (Å²) >= 11 is 0. The van der Waals surface area contributed by atoms with E-state index in [1.54, 1.807) is 0 Å². The van der Waals surface area contributed by atoms with Gasteiger partial charge in [-0.2, -0.15) is 0 Å². The molecule has 2 saturated carbocycles. The van der Waals surface area contributed by atoms with E-state index in [9.17, 15) is 32.4 Å². The maximum atomic E-state index is 14.4. The summed E-state index contributed by atoms with van der Waals surface area (Å²) in [4.78, 5) is 69.2. The minimum atomic E-state index is -3.29. The molecule has 4 N–H and O–H groups in total. The van der Waals surface area contributed by atoms with Crippen LogP contribution in [0.3, 0.4) is 0 Å². The first-order chi connectivity index (χ1) is 21.9. The molecule has 12 nitrogen and oxygen atoms in total. The second kappa shape index (κ2) is 13.9. The Bertz CT molecular complexity index is 1360. The Kier molecular flexibility index (Phi) is 10.9. The number of likely N-dealkylation sites (tertiary alicyclic amines) is 1. The fraction of sp³-hybridized carbons (Fsp3) is 0.794. The number of fused-ring (bicyclic) bond motifs is 1. The molecule has 5 amide bonds. The summed E-state index contributed by atoms with van der Waals surface area (Å²) in [5, 5.41) is 10.6. The highest BCUT2D eigenvalue weighted by Gasteiger charge is 2.70. The van der Waals surface area contributed by atoms with Gasteiger partial charge in [0, 0.05) is 13.1 Å². The molecule has 2 heterocycles. The van der Waals surface area contributed by atoms with Gasteiger partial charge < -0.3 is 26.2 Å². The molecule has 2 aliphatic heterocycles. The van der Waals surface area contributed by atoms with Crippen molar-refractivity contribution in [3.63, 3.8) is 0 Å². The first kappa shape index (κ1) is 36.9. The third kappa shape index (κ3) is 7.54. The van der Waals surface area contributed by atoms with Gasteiger partial charge in [-0.1, -0.05) is 79.7 Å². The number of hydrogen-bond donors (Lipinski definition) is 4.